The van der Waals surface area contributed by atoms with Crippen molar-refractivity contribution in [3.63, 3.8) is 0 Å². The Morgan fingerprint density at radius 2 is 1.95 bits per heavy atom. The smallest absolute Gasteiger partial charge is 0.0947 e. The van der Waals surface area contributed by atoms with Gasteiger partial charge < -0.3 is 5.73 Å². The van der Waals surface area contributed by atoms with Crippen molar-refractivity contribution in [3.05, 3.63) is 52.9 Å². The maximum Gasteiger partial charge on any atom is 0.0947 e. The van der Waals surface area contributed by atoms with Gasteiger partial charge in [0.2, 0.25) is 0 Å². The Balaban J connectivity index is 2.06. The molecule has 96 valence electrons. The van der Waals surface area contributed by atoms with E-state index in [0.29, 0.717) is 0 Å². The minimum Gasteiger partial charge on any atom is -0.328 e. The second-order valence-electron chi connectivity index (χ2n) is 4.83. The van der Waals surface area contributed by atoms with Crippen LogP contribution in [0.25, 0.3) is 22.0 Å². The van der Waals surface area contributed by atoms with Crippen LogP contribution in [-0.4, -0.2) is 11.0 Å². The fraction of sp³-hybridized carbons (Fsp3) is 0.188. The van der Waals surface area contributed by atoms with Gasteiger partial charge in [-0.3, -0.25) is 0 Å². The molecule has 1 unspecified atom stereocenters. The van der Waals surface area contributed by atoms with Gasteiger partial charge in [0.05, 0.1) is 10.7 Å². The first kappa shape index (κ1) is 12.3. The number of hydrogen-bond donors (Lipinski definition) is 1. The number of benzene rings is 2. The molecule has 0 saturated heterocycles. The van der Waals surface area contributed by atoms with E-state index in [4.69, 9.17) is 10.7 Å². The summed E-state index contributed by atoms with van der Waals surface area (Å²) in [5, 5.41) is 5.74. The molecule has 0 spiro atoms. The second-order valence-corrected chi connectivity index (χ2v) is 5.78. The first-order valence-electron chi connectivity index (χ1n) is 6.42. The Morgan fingerprint density at radius 3 is 2.79 bits per heavy atom. The van der Waals surface area contributed by atoms with Crippen molar-refractivity contribution in [1.82, 2.24) is 4.98 Å². The maximum atomic E-state index is 5.83. The topological polar surface area (TPSA) is 38.9 Å². The Hall–Kier alpha value is -1.71. The molecule has 3 aromatic rings. The third-order valence-electron chi connectivity index (χ3n) is 3.11. The van der Waals surface area contributed by atoms with Gasteiger partial charge in [-0.05, 0) is 17.7 Å². The lowest BCUT2D eigenvalue weighted by atomic mass is 10.0. The van der Waals surface area contributed by atoms with Gasteiger partial charge in [0.15, 0.2) is 0 Å². The molecule has 0 bridgehead atoms. The highest BCUT2D eigenvalue weighted by molar-refractivity contribution is 7.10. The van der Waals surface area contributed by atoms with E-state index in [1.54, 1.807) is 11.3 Å². The number of rotatable bonds is 3. The van der Waals surface area contributed by atoms with E-state index in [1.165, 1.54) is 16.3 Å². The van der Waals surface area contributed by atoms with Gasteiger partial charge in [-0.15, -0.1) is 11.3 Å². The van der Waals surface area contributed by atoms with E-state index in [9.17, 15) is 0 Å². The van der Waals surface area contributed by atoms with Gasteiger partial charge in [-0.25, -0.2) is 4.98 Å². The van der Waals surface area contributed by atoms with Crippen molar-refractivity contribution in [1.29, 1.82) is 0 Å². The van der Waals surface area contributed by atoms with Crippen LogP contribution in [-0.2, 0) is 6.42 Å². The number of fused-ring (bicyclic) bond motifs is 1. The van der Waals surface area contributed by atoms with Crippen molar-refractivity contribution in [2.24, 2.45) is 5.73 Å². The van der Waals surface area contributed by atoms with E-state index in [0.717, 1.165) is 17.1 Å². The summed E-state index contributed by atoms with van der Waals surface area (Å²) in [5.41, 5.74) is 8.08. The molecule has 2 aromatic carbocycles. The molecule has 1 aromatic heterocycles. The minimum atomic E-state index is 0.159. The molecule has 3 rings (SSSR count). The van der Waals surface area contributed by atoms with Crippen LogP contribution in [0.15, 0.2) is 47.8 Å². The molecule has 2 nitrogen and oxygen atoms in total. The van der Waals surface area contributed by atoms with E-state index in [2.05, 4.69) is 47.8 Å². The lowest BCUT2D eigenvalue weighted by molar-refractivity contribution is 0.734. The molecule has 1 heterocycles. The number of nitrogens with two attached hydrogens (primary N) is 1. The predicted molar refractivity (Wildman–Crippen MR) is 82.4 cm³/mol. The number of aromatic nitrogens is 1. The number of thiazole rings is 1. The average molecular weight is 268 g/mol. The van der Waals surface area contributed by atoms with E-state index >= 15 is 0 Å². The predicted octanol–water partition coefficient (Wildman–Crippen LogP) is 3.85. The minimum absolute atomic E-state index is 0.159. The zero-order valence-electron chi connectivity index (χ0n) is 10.8. The molecule has 0 radical (unpaired) electrons. The van der Waals surface area contributed by atoms with Crippen LogP contribution in [0.2, 0.25) is 0 Å². The van der Waals surface area contributed by atoms with Gasteiger partial charge in [0, 0.05) is 23.4 Å². The van der Waals surface area contributed by atoms with Gasteiger partial charge in [0.1, 0.15) is 0 Å². The molecule has 3 heteroatoms. The highest BCUT2D eigenvalue weighted by Gasteiger charge is 2.08. The molecule has 0 amide bonds. The fourth-order valence-electron chi connectivity index (χ4n) is 2.25. The summed E-state index contributed by atoms with van der Waals surface area (Å²) in [7, 11) is 0. The Labute approximate surface area is 116 Å². The van der Waals surface area contributed by atoms with Crippen LogP contribution in [0, 0.1) is 0 Å². The second kappa shape index (κ2) is 5.11. The van der Waals surface area contributed by atoms with Gasteiger partial charge >= 0.3 is 0 Å². The summed E-state index contributed by atoms with van der Waals surface area (Å²) in [4.78, 5) is 4.71. The Kier molecular flexibility index (Phi) is 3.32. The van der Waals surface area contributed by atoms with Crippen LogP contribution in [0.1, 0.15) is 11.9 Å². The molecule has 0 saturated carbocycles. The van der Waals surface area contributed by atoms with E-state index < -0.39 is 0 Å². The fourth-order valence-corrected chi connectivity index (χ4v) is 3.19. The summed E-state index contributed by atoms with van der Waals surface area (Å²) in [6, 6.07) is 14.9. The van der Waals surface area contributed by atoms with Crippen molar-refractivity contribution in [2.45, 2.75) is 19.4 Å². The molecule has 1 atom stereocenters. The summed E-state index contributed by atoms with van der Waals surface area (Å²) < 4.78 is 0. The lowest BCUT2D eigenvalue weighted by Crippen LogP contribution is -2.17. The van der Waals surface area contributed by atoms with Crippen molar-refractivity contribution in [2.75, 3.05) is 0 Å². The third kappa shape index (κ3) is 2.53. The van der Waals surface area contributed by atoms with Crippen molar-refractivity contribution < 1.29 is 0 Å². The van der Waals surface area contributed by atoms with Crippen LogP contribution in [0.4, 0.5) is 0 Å². The quantitative estimate of drug-likeness (QED) is 0.783. The van der Waals surface area contributed by atoms with Crippen molar-refractivity contribution in [3.8, 4) is 11.3 Å². The van der Waals surface area contributed by atoms with Crippen molar-refractivity contribution >= 4 is 22.1 Å². The average Bonchev–Trinajstić information content (AvgIpc) is 2.85. The molecule has 19 heavy (non-hydrogen) atoms. The molecule has 0 aliphatic rings. The molecule has 0 fully saturated rings. The Morgan fingerprint density at radius 1 is 1.16 bits per heavy atom. The molecule has 0 aliphatic carbocycles. The van der Waals surface area contributed by atoms with Crippen LogP contribution < -0.4 is 5.73 Å². The summed E-state index contributed by atoms with van der Waals surface area (Å²) in [5.74, 6) is 0. The Bertz CT molecular complexity index is 695. The number of hydrogen-bond acceptors (Lipinski definition) is 3. The zero-order chi connectivity index (χ0) is 13.2. The van der Waals surface area contributed by atoms with Crippen LogP contribution in [0.5, 0.6) is 0 Å². The van der Waals surface area contributed by atoms with Gasteiger partial charge in [-0.2, -0.15) is 0 Å². The van der Waals surface area contributed by atoms with Gasteiger partial charge in [-0.1, -0.05) is 42.5 Å². The molecule has 2 N–H and O–H groups in total. The van der Waals surface area contributed by atoms with Crippen LogP contribution in [0.3, 0.4) is 0 Å². The van der Waals surface area contributed by atoms with E-state index in [-0.39, 0.29) is 6.04 Å². The lowest BCUT2D eigenvalue weighted by Gasteiger charge is -2.03. The monoisotopic (exact) mass is 268 g/mol. The summed E-state index contributed by atoms with van der Waals surface area (Å²) in [6.07, 6.45) is 0.843. The SMILES string of the molecule is CC(N)Cc1nc(-c2cccc3ccccc23)cs1. The molecule has 0 aliphatic heterocycles. The highest BCUT2D eigenvalue weighted by Crippen LogP contribution is 2.29. The normalized spacial score (nSPS) is 12.7. The summed E-state index contributed by atoms with van der Waals surface area (Å²) in [6.45, 7) is 2.01. The first-order valence-corrected chi connectivity index (χ1v) is 7.30. The largest absolute Gasteiger partial charge is 0.328 e. The highest BCUT2D eigenvalue weighted by atomic mass is 32.1. The zero-order valence-corrected chi connectivity index (χ0v) is 11.7. The third-order valence-corrected chi connectivity index (χ3v) is 3.99. The van der Waals surface area contributed by atoms with Gasteiger partial charge in [0.25, 0.3) is 0 Å². The maximum absolute atomic E-state index is 5.83. The standard InChI is InChI=1S/C16H16N2S/c1-11(17)9-16-18-15(10-19-16)14-8-4-6-12-5-2-3-7-13(12)14/h2-8,10-11H,9,17H2,1H3. The summed E-state index contributed by atoms with van der Waals surface area (Å²) >= 11 is 1.69. The number of nitrogens with zero attached hydrogens (tertiary/aromatic N) is 1. The first-order chi connectivity index (χ1) is 9.24. The van der Waals surface area contributed by atoms with Crippen LogP contribution >= 0.6 is 11.3 Å². The van der Waals surface area contributed by atoms with E-state index in [1.807, 2.05) is 6.92 Å². The molecular weight excluding hydrogens is 252 g/mol. The molecular formula is C16H16N2S.